The lowest BCUT2D eigenvalue weighted by Gasteiger charge is -2.22. The van der Waals surface area contributed by atoms with Crippen molar-refractivity contribution in [1.82, 2.24) is 15.1 Å². The van der Waals surface area contributed by atoms with Crippen molar-refractivity contribution >= 4 is 11.8 Å². The van der Waals surface area contributed by atoms with Gasteiger partial charge in [-0.25, -0.2) is 0 Å². The van der Waals surface area contributed by atoms with Crippen LogP contribution in [-0.4, -0.2) is 60.9 Å². The van der Waals surface area contributed by atoms with Gasteiger partial charge in [0.15, 0.2) is 0 Å². The highest BCUT2D eigenvalue weighted by Crippen LogP contribution is 2.27. The first-order chi connectivity index (χ1) is 12.1. The van der Waals surface area contributed by atoms with Crippen LogP contribution < -0.4 is 5.32 Å². The van der Waals surface area contributed by atoms with E-state index >= 15 is 0 Å². The molecular formula is C20H29N3O2. The van der Waals surface area contributed by atoms with Crippen LogP contribution in [0.4, 0.5) is 0 Å². The molecule has 2 amide bonds. The Labute approximate surface area is 150 Å². The first-order valence-electron chi connectivity index (χ1n) is 9.53. The first-order valence-corrected chi connectivity index (χ1v) is 9.53. The van der Waals surface area contributed by atoms with E-state index in [-0.39, 0.29) is 11.8 Å². The smallest absolute Gasteiger partial charge is 0.253 e. The van der Waals surface area contributed by atoms with Crippen molar-refractivity contribution in [3.8, 4) is 0 Å². The van der Waals surface area contributed by atoms with Crippen LogP contribution >= 0.6 is 0 Å². The van der Waals surface area contributed by atoms with Crippen molar-refractivity contribution < 1.29 is 9.59 Å². The van der Waals surface area contributed by atoms with Crippen LogP contribution in [0.15, 0.2) is 24.3 Å². The van der Waals surface area contributed by atoms with Gasteiger partial charge < -0.3 is 15.1 Å². The Morgan fingerprint density at radius 2 is 1.68 bits per heavy atom. The Hall–Kier alpha value is -1.88. The SMILES string of the molecule is CCCN(CCC)C(=O)c1cccc(C(=O)N2C[C@H]3CNC[C@H]3C2)c1. The van der Waals surface area contributed by atoms with E-state index in [0.717, 1.165) is 52.1 Å². The topological polar surface area (TPSA) is 52.7 Å². The standard InChI is InChI=1S/C20H29N3O2/c1-3-8-22(9-4-2)19(24)15-6-5-7-16(10-15)20(25)23-13-17-11-21-12-18(17)14-23/h5-7,10,17-18,21H,3-4,8-9,11-14H2,1-2H3/t17-,18+. The minimum atomic E-state index is 0.0286. The van der Waals surface area contributed by atoms with Crippen molar-refractivity contribution in [1.29, 1.82) is 0 Å². The summed E-state index contributed by atoms with van der Waals surface area (Å²) in [6.07, 6.45) is 1.88. The zero-order chi connectivity index (χ0) is 17.8. The fourth-order valence-electron chi connectivity index (χ4n) is 4.03. The van der Waals surface area contributed by atoms with Crippen LogP contribution in [0.25, 0.3) is 0 Å². The predicted molar refractivity (Wildman–Crippen MR) is 98.7 cm³/mol. The van der Waals surface area contributed by atoms with Gasteiger partial charge in [-0.3, -0.25) is 9.59 Å². The van der Waals surface area contributed by atoms with Gasteiger partial charge in [0.1, 0.15) is 0 Å². The largest absolute Gasteiger partial charge is 0.339 e. The monoisotopic (exact) mass is 343 g/mol. The van der Waals surface area contributed by atoms with Crippen molar-refractivity contribution in [2.75, 3.05) is 39.3 Å². The minimum absolute atomic E-state index is 0.0286. The summed E-state index contributed by atoms with van der Waals surface area (Å²) in [5.41, 5.74) is 1.25. The van der Waals surface area contributed by atoms with E-state index in [0.29, 0.717) is 23.0 Å². The average molecular weight is 343 g/mol. The summed E-state index contributed by atoms with van der Waals surface area (Å²) in [5.74, 6) is 1.25. The number of nitrogens with zero attached hydrogens (tertiary/aromatic N) is 2. The molecule has 0 saturated carbocycles. The Morgan fingerprint density at radius 3 is 2.28 bits per heavy atom. The second kappa shape index (κ2) is 8.00. The molecule has 0 aliphatic carbocycles. The maximum Gasteiger partial charge on any atom is 0.253 e. The highest BCUT2D eigenvalue weighted by Gasteiger charge is 2.38. The summed E-state index contributed by atoms with van der Waals surface area (Å²) < 4.78 is 0. The van der Waals surface area contributed by atoms with E-state index < -0.39 is 0 Å². The molecule has 2 aliphatic rings. The van der Waals surface area contributed by atoms with Gasteiger partial charge in [0.05, 0.1) is 0 Å². The Bertz CT molecular complexity index is 613. The van der Waals surface area contributed by atoms with E-state index in [1.54, 1.807) is 6.07 Å². The molecule has 5 heteroatoms. The summed E-state index contributed by atoms with van der Waals surface area (Å²) >= 11 is 0. The molecule has 0 spiro atoms. The number of rotatable bonds is 6. The van der Waals surface area contributed by atoms with Gasteiger partial charge in [-0.2, -0.15) is 0 Å². The van der Waals surface area contributed by atoms with Crippen molar-refractivity contribution in [3.05, 3.63) is 35.4 Å². The van der Waals surface area contributed by atoms with Crippen molar-refractivity contribution in [2.24, 2.45) is 11.8 Å². The second-order valence-corrected chi connectivity index (χ2v) is 7.26. The lowest BCUT2D eigenvalue weighted by molar-refractivity contribution is 0.0755. The third-order valence-electron chi connectivity index (χ3n) is 5.31. The highest BCUT2D eigenvalue weighted by molar-refractivity contribution is 5.99. The van der Waals surface area contributed by atoms with Crippen molar-refractivity contribution in [3.63, 3.8) is 0 Å². The molecule has 1 N–H and O–H groups in total. The fraction of sp³-hybridized carbons (Fsp3) is 0.600. The van der Waals surface area contributed by atoms with E-state index in [1.165, 1.54) is 0 Å². The van der Waals surface area contributed by atoms with E-state index in [4.69, 9.17) is 0 Å². The van der Waals surface area contributed by atoms with Crippen LogP contribution in [0, 0.1) is 11.8 Å². The molecule has 2 aliphatic heterocycles. The molecule has 3 rings (SSSR count). The number of likely N-dealkylation sites (tertiary alicyclic amines) is 1. The molecule has 2 fully saturated rings. The molecule has 0 radical (unpaired) electrons. The highest BCUT2D eigenvalue weighted by atomic mass is 16.2. The van der Waals surface area contributed by atoms with E-state index in [1.807, 2.05) is 28.0 Å². The lowest BCUT2D eigenvalue weighted by atomic mass is 10.0. The molecule has 136 valence electrons. The normalized spacial score (nSPS) is 22.1. The number of carbonyl (C=O) groups is 2. The molecule has 2 saturated heterocycles. The summed E-state index contributed by atoms with van der Waals surface area (Å²) in [6, 6.07) is 7.25. The fourth-order valence-corrected chi connectivity index (χ4v) is 4.03. The second-order valence-electron chi connectivity index (χ2n) is 7.26. The quantitative estimate of drug-likeness (QED) is 0.862. The predicted octanol–water partition coefficient (Wildman–Crippen LogP) is 2.24. The minimum Gasteiger partial charge on any atom is -0.339 e. The third kappa shape index (κ3) is 3.87. The molecular weight excluding hydrogens is 314 g/mol. The maximum absolute atomic E-state index is 12.9. The van der Waals surface area contributed by atoms with Gasteiger partial charge in [-0.1, -0.05) is 19.9 Å². The third-order valence-corrected chi connectivity index (χ3v) is 5.31. The summed E-state index contributed by atoms with van der Waals surface area (Å²) in [6.45, 7) is 9.34. The Morgan fingerprint density at radius 1 is 1.08 bits per heavy atom. The van der Waals surface area contributed by atoms with E-state index in [2.05, 4.69) is 19.2 Å². The summed E-state index contributed by atoms with van der Waals surface area (Å²) in [5, 5.41) is 3.40. The van der Waals surface area contributed by atoms with Crippen LogP contribution in [0.5, 0.6) is 0 Å². The van der Waals surface area contributed by atoms with Gasteiger partial charge in [0, 0.05) is 50.4 Å². The van der Waals surface area contributed by atoms with Crippen LogP contribution in [0.1, 0.15) is 47.4 Å². The molecule has 1 aromatic carbocycles. The Balaban J connectivity index is 1.72. The van der Waals surface area contributed by atoms with E-state index in [9.17, 15) is 9.59 Å². The number of hydrogen-bond acceptors (Lipinski definition) is 3. The molecule has 2 heterocycles. The number of nitrogens with one attached hydrogen (secondary N) is 1. The summed E-state index contributed by atoms with van der Waals surface area (Å²) in [7, 11) is 0. The molecule has 0 unspecified atom stereocenters. The van der Waals surface area contributed by atoms with Gasteiger partial charge in [0.2, 0.25) is 0 Å². The number of hydrogen-bond donors (Lipinski definition) is 1. The van der Waals surface area contributed by atoms with Gasteiger partial charge >= 0.3 is 0 Å². The molecule has 0 bridgehead atoms. The molecule has 2 atom stereocenters. The number of carbonyl (C=O) groups excluding carboxylic acids is 2. The number of fused-ring (bicyclic) bond motifs is 1. The van der Waals surface area contributed by atoms with Crippen LogP contribution in [0.2, 0.25) is 0 Å². The molecule has 25 heavy (non-hydrogen) atoms. The maximum atomic E-state index is 12.9. The zero-order valence-corrected chi connectivity index (χ0v) is 15.3. The van der Waals surface area contributed by atoms with Gasteiger partial charge in [-0.15, -0.1) is 0 Å². The van der Waals surface area contributed by atoms with Gasteiger partial charge in [0.25, 0.3) is 11.8 Å². The average Bonchev–Trinajstić information content (AvgIpc) is 3.22. The van der Waals surface area contributed by atoms with Gasteiger partial charge in [-0.05, 0) is 42.9 Å². The Kier molecular flexibility index (Phi) is 5.74. The van der Waals surface area contributed by atoms with Crippen LogP contribution in [-0.2, 0) is 0 Å². The molecule has 5 nitrogen and oxygen atoms in total. The lowest BCUT2D eigenvalue weighted by Crippen LogP contribution is -2.33. The molecule has 1 aromatic rings. The number of benzene rings is 1. The number of amides is 2. The first kappa shape index (κ1) is 17.9. The van der Waals surface area contributed by atoms with Crippen molar-refractivity contribution in [2.45, 2.75) is 26.7 Å². The summed E-state index contributed by atoms with van der Waals surface area (Å²) in [4.78, 5) is 29.5. The zero-order valence-electron chi connectivity index (χ0n) is 15.3. The molecule has 0 aromatic heterocycles. The van der Waals surface area contributed by atoms with Crippen LogP contribution in [0.3, 0.4) is 0 Å².